The Labute approximate surface area is 156 Å². The molecular weight excluding hydrogens is 340 g/mol. The zero-order chi connectivity index (χ0) is 17.9. The van der Waals surface area contributed by atoms with Crippen LogP contribution < -0.4 is 5.32 Å². The minimum atomic E-state index is -0.0416. The van der Waals surface area contributed by atoms with Gasteiger partial charge in [0.15, 0.2) is 0 Å². The number of amides is 1. The van der Waals surface area contributed by atoms with E-state index in [0.717, 1.165) is 15.8 Å². The molecule has 0 aliphatic heterocycles. The fraction of sp³-hybridized carbons (Fsp3) is 0.136. The first-order valence-corrected chi connectivity index (χ1v) is 9.57. The van der Waals surface area contributed by atoms with Gasteiger partial charge in [0.05, 0.1) is 16.3 Å². The lowest BCUT2D eigenvalue weighted by atomic mass is 10.1. The molecule has 0 radical (unpaired) electrons. The van der Waals surface area contributed by atoms with Crippen LogP contribution in [-0.2, 0) is 6.54 Å². The van der Waals surface area contributed by atoms with Gasteiger partial charge in [0.2, 0.25) is 0 Å². The molecule has 1 N–H and O–H groups in total. The van der Waals surface area contributed by atoms with Crippen molar-refractivity contribution < 1.29 is 4.79 Å². The van der Waals surface area contributed by atoms with E-state index in [9.17, 15) is 4.79 Å². The lowest BCUT2D eigenvalue weighted by molar-refractivity contribution is 0.0941. The van der Waals surface area contributed by atoms with Crippen molar-refractivity contribution in [2.45, 2.75) is 19.5 Å². The summed E-state index contributed by atoms with van der Waals surface area (Å²) in [6.07, 6.45) is 0. The summed E-state index contributed by atoms with van der Waals surface area (Å²) in [4.78, 5) is 12.9. The molecule has 1 atom stereocenters. The van der Waals surface area contributed by atoms with Crippen molar-refractivity contribution in [1.82, 2.24) is 9.88 Å². The molecule has 0 fully saturated rings. The highest BCUT2D eigenvalue weighted by molar-refractivity contribution is 7.17. The Morgan fingerprint density at radius 1 is 1.04 bits per heavy atom. The van der Waals surface area contributed by atoms with E-state index in [2.05, 4.69) is 40.4 Å². The molecule has 1 amide bonds. The number of carbonyl (C=O) groups excluding carboxylic acids is 1. The van der Waals surface area contributed by atoms with Gasteiger partial charge >= 0.3 is 0 Å². The Morgan fingerprint density at radius 2 is 1.73 bits per heavy atom. The number of fused-ring (bicyclic) bond motifs is 1. The predicted octanol–water partition coefficient (Wildman–Crippen LogP) is 5.24. The molecule has 0 unspecified atom stereocenters. The maximum absolute atomic E-state index is 12.9. The standard InChI is InChI=1S/C22H20N2OS/c1-16(18-10-6-3-7-11-18)24-19-12-13-26-21(19)14-20(24)22(25)23-15-17-8-4-2-5-9-17/h2-14,16H,15H2,1H3,(H,23,25)/t16-/m1/s1. The Bertz CT molecular complexity index is 1020. The summed E-state index contributed by atoms with van der Waals surface area (Å²) in [7, 11) is 0. The molecule has 0 saturated heterocycles. The fourth-order valence-electron chi connectivity index (χ4n) is 3.29. The summed E-state index contributed by atoms with van der Waals surface area (Å²) in [5, 5.41) is 5.13. The summed E-state index contributed by atoms with van der Waals surface area (Å²) < 4.78 is 3.28. The zero-order valence-electron chi connectivity index (χ0n) is 14.6. The molecule has 3 nitrogen and oxygen atoms in total. The molecule has 2 aromatic carbocycles. The molecule has 0 aliphatic carbocycles. The highest BCUT2D eigenvalue weighted by atomic mass is 32.1. The van der Waals surface area contributed by atoms with Crippen LogP contribution in [0.3, 0.4) is 0 Å². The van der Waals surface area contributed by atoms with E-state index in [-0.39, 0.29) is 11.9 Å². The van der Waals surface area contributed by atoms with Crippen molar-refractivity contribution in [3.63, 3.8) is 0 Å². The summed E-state index contributed by atoms with van der Waals surface area (Å²) >= 11 is 1.67. The van der Waals surface area contributed by atoms with E-state index in [1.165, 1.54) is 5.56 Å². The van der Waals surface area contributed by atoms with Gasteiger partial charge in [-0.05, 0) is 35.6 Å². The number of nitrogens with one attached hydrogen (secondary N) is 1. The third-order valence-electron chi connectivity index (χ3n) is 4.66. The first-order valence-electron chi connectivity index (χ1n) is 8.69. The minimum absolute atomic E-state index is 0.0416. The van der Waals surface area contributed by atoms with Crippen LogP contribution in [0.2, 0.25) is 0 Å². The van der Waals surface area contributed by atoms with Crippen LogP contribution in [0.4, 0.5) is 0 Å². The molecule has 4 heteroatoms. The van der Waals surface area contributed by atoms with Crippen LogP contribution in [0.15, 0.2) is 78.2 Å². The van der Waals surface area contributed by atoms with Crippen LogP contribution in [0, 0.1) is 0 Å². The molecule has 4 rings (SSSR count). The molecule has 0 aliphatic rings. The average molecular weight is 360 g/mol. The SMILES string of the molecule is C[C@H](c1ccccc1)n1c(C(=O)NCc2ccccc2)cc2sccc21. The van der Waals surface area contributed by atoms with E-state index >= 15 is 0 Å². The summed E-state index contributed by atoms with van der Waals surface area (Å²) in [6, 6.07) is 24.5. The van der Waals surface area contributed by atoms with Gasteiger partial charge < -0.3 is 9.88 Å². The highest BCUT2D eigenvalue weighted by Gasteiger charge is 2.20. The Morgan fingerprint density at radius 3 is 2.46 bits per heavy atom. The topological polar surface area (TPSA) is 34.0 Å². The quantitative estimate of drug-likeness (QED) is 0.519. The normalized spacial score (nSPS) is 12.2. The van der Waals surface area contributed by atoms with Crippen molar-refractivity contribution in [1.29, 1.82) is 0 Å². The van der Waals surface area contributed by atoms with Crippen molar-refractivity contribution in [2.24, 2.45) is 0 Å². The third kappa shape index (κ3) is 3.16. The number of nitrogens with zero attached hydrogens (tertiary/aromatic N) is 1. The van der Waals surface area contributed by atoms with Crippen LogP contribution in [0.1, 0.15) is 34.6 Å². The molecule has 2 aromatic heterocycles. The second-order valence-corrected chi connectivity index (χ2v) is 7.27. The molecule has 2 heterocycles. The molecule has 26 heavy (non-hydrogen) atoms. The summed E-state index contributed by atoms with van der Waals surface area (Å²) in [6.45, 7) is 2.67. The largest absolute Gasteiger partial charge is 0.347 e. The van der Waals surface area contributed by atoms with Crippen LogP contribution in [0.5, 0.6) is 0 Å². The van der Waals surface area contributed by atoms with Gasteiger partial charge in [-0.3, -0.25) is 4.79 Å². The number of carbonyl (C=O) groups is 1. The van der Waals surface area contributed by atoms with Crippen LogP contribution in [-0.4, -0.2) is 10.5 Å². The van der Waals surface area contributed by atoms with Gasteiger partial charge in [-0.15, -0.1) is 11.3 Å². The van der Waals surface area contributed by atoms with Crippen molar-refractivity contribution >= 4 is 27.5 Å². The summed E-state index contributed by atoms with van der Waals surface area (Å²) in [5.74, 6) is -0.0416. The Hall–Kier alpha value is -2.85. The number of hydrogen-bond acceptors (Lipinski definition) is 2. The number of hydrogen-bond donors (Lipinski definition) is 1. The van der Waals surface area contributed by atoms with Gasteiger partial charge in [0.1, 0.15) is 5.69 Å². The monoisotopic (exact) mass is 360 g/mol. The fourth-order valence-corrected chi connectivity index (χ4v) is 4.10. The zero-order valence-corrected chi connectivity index (χ0v) is 15.4. The number of aromatic nitrogens is 1. The third-order valence-corrected chi connectivity index (χ3v) is 5.51. The van der Waals surface area contributed by atoms with Crippen LogP contribution >= 0.6 is 11.3 Å². The van der Waals surface area contributed by atoms with Crippen LogP contribution in [0.25, 0.3) is 10.2 Å². The van der Waals surface area contributed by atoms with Crippen molar-refractivity contribution in [3.05, 3.63) is 95.0 Å². The average Bonchev–Trinajstić information content (AvgIpc) is 3.28. The van der Waals surface area contributed by atoms with Gasteiger partial charge in [-0.2, -0.15) is 0 Å². The molecule has 0 bridgehead atoms. The first kappa shape index (κ1) is 16.6. The number of benzene rings is 2. The lowest BCUT2D eigenvalue weighted by Gasteiger charge is -2.19. The number of rotatable bonds is 5. The van der Waals surface area contributed by atoms with E-state index in [4.69, 9.17) is 0 Å². The molecule has 0 spiro atoms. The van der Waals surface area contributed by atoms with E-state index in [1.807, 2.05) is 54.6 Å². The van der Waals surface area contributed by atoms with Gasteiger partial charge in [0, 0.05) is 6.54 Å². The van der Waals surface area contributed by atoms with Gasteiger partial charge in [-0.1, -0.05) is 60.7 Å². The lowest BCUT2D eigenvalue weighted by Crippen LogP contribution is -2.26. The smallest absolute Gasteiger partial charge is 0.268 e. The molecule has 0 saturated carbocycles. The van der Waals surface area contributed by atoms with Gasteiger partial charge in [0.25, 0.3) is 5.91 Å². The predicted molar refractivity (Wildman–Crippen MR) is 108 cm³/mol. The maximum Gasteiger partial charge on any atom is 0.268 e. The molecular formula is C22H20N2OS. The number of thiophene rings is 1. The van der Waals surface area contributed by atoms with Crippen molar-refractivity contribution in [2.75, 3.05) is 0 Å². The second kappa shape index (κ2) is 7.18. The van der Waals surface area contributed by atoms with E-state index in [1.54, 1.807) is 11.3 Å². The Kier molecular flexibility index (Phi) is 4.59. The van der Waals surface area contributed by atoms with E-state index < -0.39 is 0 Å². The minimum Gasteiger partial charge on any atom is -0.347 e. The maximum atomic E-state index is 12.9. The molecule has 4 aromatic rings. The van der Waals surface area contributed by atoms with Crippen molar-refractivity contribution in [3.8, 4) is 0 Å². The highest BCUT2D eigenvalue weighted by Crippen LogP contribution is 2.31. The first-order chi connectivity index (χ1) is 12.7. The van der Waals surface area contributed by atoms with Gasteiger partial charge in [-0.25, -0.2) is 0 Å². The van der Waals surface area contributed by atoms with E-state index in [0.29, 0.717) is 12.2 Å². The Balaban J connectivity index is 1.66. The summed E-state index contributed by atoms with van der Waals surface area (Å²) in [5.41, 5.74) is 4.10. The molecule has 130 valence electrons. The second-order valence-electron chi connectivity index (χ2n) is 6.32.